The Morgan fingerprint density at radius 2 is 0.609 bits per heavy atom. The molecule has 0 aromatic heterocycles. The van der Waals surface area contributed by atoms with Crippen LogP contribution in [0.4, 0.5) is 0 Å². The van der Waals surface area contributed by atoms with Crippen LogP contribution < -0.4 is 10.6 Å². The van der Waals surface area contributed by atoms with Crippen molar-refractivity contribution in [3.63, 3.8) is 0 Å². The highest BCUT2D eigenvalue weighted by atomic mass is 31.2. The van der Waals surface area contributed by atoms with E-state index in [4.69, 9.17) is 64.5 Å². The lowest BCUT2D eigenvalue weighted by Crippen LogP contribution is -2.26. The Balaban J connectivity index is 3.85. The van der Waals surface area contributed by atoms with Gasteiger partial charge in [-0.25, -0.2) is 27.4 Å². The van der Waals surface area contributed by atoms with Crippen molar-refractivity contribution in [1.82, 2.24) is 10.6 Å². The number of rotatable bonds is 52. The van der Waals surface area contributed by atoms with Gasteiger partial charge in [-0.1, -0.05) is 51.4 Å². The standard InChI is InChI=1S/C34H78N2O27P6/c1-35-31-51-28-33(27-37)63-69(49,50)60-26-18-10-9-16-24-58-67(45,46)56-22-14-6-5-12-20-54-65(41,42)53-19-11-3-4-13-21-55-66(43,44)57-23-15-7-8-17-25-59-68(47,48)61-30-34(29-52-32-36-2)62-64(38,39)40/h33-37H,3-32H2,1-2H3,(H,41,42)(H,43,44)(H,45,46)(H,47,48)(H,49,50)(H2,38,39,40). The Morgan fingerprint density at radius 1 is 0.348 bits per heavy atom. The first-order valence-electron chi connectivity index (χ1n) is 22.4. The molecule has 69 heavy (non-hydrogen) atoms. The summed E-state index contributed by atoms with van der Waals surface area (Å²) in [6, 6.07) is 0. The number of unbranched alkanes of at least 4 members (excludes halogenated alkanes) is 12. The maximum absolute atomic E-state index is 12.1. The van der Waals surface area contributed by atoms with Gasteiger partial charge in [0.2, 0.25) is 0 Å². The molecule has 0 bridgehead atoms. The fraction of sp³-hybridized carbons (Fsp3) is 1.00. The van der Waals surface area contributed by atoms with Crippen molar-refractivity contribution >= 4 is 46.9 Å². The average Bonchev–Trinajstić information content (AvgIpc) is 3.25. The summed E-state index contributed by atoms with van der Waals surface area (Å²) in [5, 5.41) is 14.6. The van der Waals surface area contributed by atoms with Crippen LogP contribution in [0.15, 0.2) is 0 Å². The molecule has 0 saturated heterocycles. The van der Waals surface area contributed by atoms with Gasteiger partial charge in [0, 0.05) is 0 Å². The number of hydrogen-bond donors (Lipinski definition) is 10. The van der Waals surface area contributed by atoms with Crippen molar-refractivity contribution in [2.24, 2.45) is 0 Å². The van der Waals surface area contributed by atoms with Gasteiger partial charge in [-0.3, -0.25) is 60.4 Å². The summed E-state index contributed by atoms with van der Waals surface area (Å²) < 4.78 is 135. The van der Waals surface area contributed by atoms with Crippen LogP contribution in [0.25, 0.3) is 0 Å². The fourth-order valence-electron chi connectivity index (χ4n) is 5.22. The molecule has 0 saturated carbocycles. The van der Waals surface area contributed by atoms with Crippen LogP contribution in [0.2, 0.25) is 0 Å². The van der Waals surface area contributed by atoms with E-state index < -0.39 is 72.4 Å². The molecule has 10 N–H and O–H groups in total. The second-order valence-corrected chi connectivity index (χ2v) is 23.2. The molecule has 29 nitrogen and oxygen atoms in total. The van der Waals surface area contributed by atoms with E-state index in [0.717, 1.165) is 0 Å². The summed E-state index contributed by atoms with van der Waals surface area (Å²) in [4.78, 5) is 67.2. The van der Waals surface area contributed by atoms with Gasteiger partial charge in [0.25, 0.3) is 0 Å². The number of phosphoric ester groups is 6. The Morgan fingerprint density at radius 3 is 0.870 bits per heavy atom. The van der Waals surface area contributed by atoms with Crippen molar-refractivity contribution in [3.8, 4) is 0 Å². The predicted octanol–water partition coefficient (Wildman–Crippen LogP) is 5.12. The summed E-state index contributed by atoms with van der Waals surface area (Å²) in [5.74, 6) is 0. The zero-order valence-corrected chi connectivity index (χ0v) is 44.8. The van der Waals surface area contributed by atoms with Crippen molar-refractivity contribution in [3.05, 3.63) is 0 Å². The van der Waals surface area contributed by atoms with Crippen LogP contribution in [0.5, 0.6) is 0 Å². The third-order valence-corrected chi connectivity index (χ3v) is 14.2. The number of nitrogens with one attached hydrogen (secondary N) is 2. The van der Waals surface area contributed by atoms with Gasteiger partial charge >= 0.3 is 46.9 Å². The number of ether oxygens (including phenoxy) is 2. The van der Waals surface area contributed by atoms with Crippen LogP contribution in [-0.2, 0) is 86.6 Å². The van der Waals surface area contributed by atoms with Gasteiger partial charge in [-0.05, 0) is 65.5 Å². The molecule has 0 aromatic rings. The minimum absolute atomic E-state index is 0.0301. The molecular weight excluding hydrogens is 1050 g/mol. The third kappa shape index (κ3) is 46.7. The van der Waals surface area contributed by atoms with E-state index in [1.807, 2.05) is 0 Å². The van der Waals surface area contributed by atoms with Gasteiger partial charge in [0.1, 0.15) is 12.2 Å². The molecule has 0 rings (SSSR count). The van der Waals surface area contributed by atoms with E-state index >= 15 is 0 Å². The highest BCUT2D eigenvalue weighted by Gasteiger charge is 2.29. The SMILES string of the molecule is CNCOCC(COP(=O)(O)OCCCCCCOP(=O)(O)OCCCCCCOP(=O)(O)OCCCCCCOP(=O)(O)OCCCCCCOP(=O)(O)OC(CO)COCNC)OP(=O)(O)O. The molecule has 0 radical (unpaired) electrons. The van der Waals surface area contributed by atoms with Crippen LogP contribution >= 0.6 is 46.9 Å². The number of phosphoric acid groups is 6. The third-order valence-electron chi connectivity index (χ3n) is 8.49. The zero-order valence-electron chi connectivity index (χ0n) is 39.4. The number of aliphatic hydroxyl groups excluding tert-OH is 1. The van der Waals surface area contributed by atoms with Crippen LogP contribution in [-0.4, -0.2) is 158 Å². The molecule has 7 unspecified atom stereocenters. The summed E-state index contributed by atoms with van der Waals surface area (Å²) >= 11 is 0. The van der Waals surface area contributed by atoms with E-state index in [1.54, 1.807) is 14.1 Å². The Hall–Kier alpha value is 0.460. The Kier molecular flexibility index (Phi) is 41.0. The van der Waals surface area contributed by atoms with E-state index in [1.165, 1.54) is 0 Å². The Bertz CT molecular complexity index is 1570. The molecular formula is C34H78N2O27P6. The van der Waals surface area contributed by atoms with Crippen LogP contribution in [0, 0.1) is 0 Å². The second-order valence-electron chi connectivity index (χ2n) is 14.8. The number of aliphatic hydroxyl groups is 1. The lowest BCUT2D eigenvalue weighted by atomic mass is 10.2. The molecule has 35 heteroatoms. The van der Waals surface area contributed by atoms with Gasteiger partial charge in [-0.2, -0.15) is 0 Å². The van der Waals surface area contributed by atoms with E-state index in [-0.39, 0.29) is 79.5 Å². The average molecular weight is 1130 g/mol. The summed E-state index contributed by atoms with van der Waals surface area (Å²) in [6.07, 6.45) is 5.33. The van der Waals surface area contributed by atoms with Gasteiger partial charge in [0.05, 0.1) is 92.7 Å². The molecule has 7 atom stereocenters. The highest BCUT2D eigenvalue weighted by molar-refractivity contribution is 7.48. The van der Waals surface area contributed by atoms with E-state index in [9.17, 15) is 57.0 Å². The molecule has 0 amide bonds. The largest absolute Gasteiger partial charge is 0.472 e. The van der Waals surface area contributed by atoms with E-state index in [0.29, 0.717) is 103 Å². The normalized spacial score (nSPS) is 17.7. The van der Waals surface area contributed by atoms with Crippen molar-refractivity contribution in [2.75, 3.05) is 107 Å². The topological polar surface area (TPSA) is 408 Å². The highest BCUT2D eigenvalue weighted by Crippen LogP contribution is 2.47. The smallest absolute Gasteiger partial charge is 0.394 e. The quantitative estimate of drug-likeness (QED) is 0.0214. The summed E-state index contributed by atoms with van der Waals surface area (Å²) in [5.41, 5.74) is 0. The minimum Gasteiger partial charge on any atom is -0.394 e. The molecule has 0 heterocycles. The van der Waals surface area contributed by atoms with Crippen molar-refractivity contribution in [1.29, 1.82) is 0 Å². The second kappa shape index (κ2) is 40.7. The van der Waals surface area contributed by atoms with Crippen LogP contribution in [0.1, 0.15) is 103 Å². The number of hydrogen-bond acceptors (Lipinski definition) is 22. The van der Waals surface area contributed by atoms with Gasteiger partial charge < -0.3 is 48.8 Å². The minimum atomic E-state index is -4.92. The summed E-state index contributed by atoms with van der Waals surface area (Å²) in [7, 11) is -23.5. The summed E-state index contributed by atoms with van der Waals surface area (Å²) in [6.45, 7) is -2.06. The molecule has 416 valence electrons. The molecule has 0 aromatic carbocycles. The maximum Gasteiger partial charge on any atom is 0.472 e. The first kappa shape index (κ1) is 69.5. The van der Waals surface area contributed by atoms with Gasteiger partial charge in [-0.15, -0.1) is 0 Å². The first-order chi connectivity index (χ1) is 32.5. The predicted molar refractivity (Wildman–Crippen MR) is 245 cm³/mol. The maximum atomic E-state index is 12.1. The van der Waals surface area contributed by atoms with Crippen LogP contribution in [0.3, 0.4) is 0 Å². The molecule has 0 fully saturated rings. The van der Waals surface area contributed by atoms with Crippen molar-refractivity contribution in [2.45, 2.75) is 115 Å². The molecule has 0 aliphatic rings. The van der Waals surface area contributed by atoms with Crippen molar-refractivity contribution < 1.29 is 126 Å². The molecule has 0 aliphatic heterocycles. The molecule has 0 spiro atoms. The van der Waals surface area contributed by atoms with E-state index in [2.05, 4.69) is 15.2 Å². The van der Waals surface area contributed by atoms with Gasteiger partial charge in [0.15, 0.2) is 0 Å². The lowest BCUT2D eigenvalue weighted by Gasteiger charge is -2.20. The molecule has 0 aliphatic carbocycles. The fourth-order valence-corrected chi connectivity index (χ4v) is 9.83. The Labute approximate surface area is 404 Å². The lowest BCUT2D eigenvalue weighted by molar-refractivity contribution is -0.00414. The zero-order chi connectivity index (χ0) is 52.0. The monoisotopic (exact) mass is 1130 g/mol. The first-order valence-corrected chi connectivity index (χ1v) is 31.4.